The number of benzene rings is 2. The lowest BCUT2D eigenvalue weighted by Crippen LogP contribution is -2.42. The van der Waals surface area contributed by atoms with Gasteiger partial charge in [0.15, 0.2) is 5.78 Å². The number of Topliss-reactive ketones (excluding diaryl/α,β-unsaturated/α-hetero) is 1. The molecule has 0 aliphatic carbocycles. The van der Waals surface area contributed by atoms with Crippen LogP contribution >= 0.6 is 0 Å². The van der Waals surface area contributed by atoms with Crippen molar-refractivity contribution in [3.63, 3.8) is 0 Å². The van der Waals surface area contributed by atoms with Crippen molar-refractivity contribution >= 4 is 28.5 Å². The lowest BCUT2D eigenvalue weighted by molar-refractivity contribution is -0.128. The molecule has 0 spiro atoms. The fraction of sp³-hybridized carbons (Fsp3) is 0.227. The monoisotopic (exact) mass is 377 g/mol. The van der Waals surface area contributed by atoms with Crippen molar-refractivity contribution in [2.75, 3.05) is 0 Å². The lowest BCUT2D eigenvalue weighted by atomic mass is 10.0. The SMILES string of the molecule is Cc1ccc(C(=O)CCC(=O)NNC(=O)Cc2c[nH]c3ccccc23)cc1C. The van der Waals surface area contributed by atoms with Gasteiger partial charge in [0.05, 0.1) is 6.42 Å². The number of carbonyl (C=O) groups is 3. The van der Waals surface area contributed by atoms with Crippen LogP contribution in [0, 0.1) is 13.8 Å². The third kappa shape index (κ3) is 4.65. The highest BCUT2D eigenvalue weighted by atomic mass is 16.2. The molecule has 0 saturated carbocycles. The molecule has 0 fully saturated rings. The second-order valence-electron chi connectivity index (χ2n) is 6.85. The molecule has 3 aromatic rings. The van der Waals surface area contributed by atoms with Gasteiger partial charge in [-0.1, -0.05) is 30.3 Å². The Morgan fingerprint density at radius 3 is 2.43 bits per heavy atom. The Balaban J connectivity index is 1.45. The Kier molecular flexibility index (Phi) is 5.89. The molecule has 1 aromatic heterocycles. The largest absolute Gasteiger partial charge is 0.361 e. The van der Waals surface area contributed by atoms with Gasteiger partial charge in [-0.3, -0.25) is 25.2 Å². The van der Waals surface area contributed by atoms with Crippen molar-refractivity contribution in [1.82, 2.24) is 15.8 Å². The van der Waals surface area contributed by atoms with E-state index in [0.29, 0.717) is 5.56 Å². The van der Waals surface area contributed by atoms with Gasteiger partial charge in [0.25, 0.3) is 0 Å². The maximum atomic E-state index is 12.2. The summed E-state index contributed by atoms with van der Waals surface area (Å²) in [6, 6.07) is 13.2. The number of hydrazine groups is 1. The minimum atomic E-state index is -0.399. The Bertz CT molecular complexity index is 1040. The molecule has 0 aliphatic rings. The minimum absolute atomic E-state index is 0.0130. The van der Waals surface area contributed by atoms with E-state index in [9.17, 15) is 14.4 Å². The van der Waals surface area contributed by atoms with Gasteiger partial charge in [-0.05, 0) is 42.7 Å². The van der Waals surface area contributed by atoms with Crippen molar-refractivity contribution in [3.05, 3.63) is 70.9 Å². The van der Waals surface area contributed by atoms with Crippen LogP contribution in [-0.2, 0) is 16.0 Å². The van der Waals surface area contributed by atoms with E-state index in [1.807, 2.05) is 50.2 Å². The van der Waals surface area contributed by atoms with Crippen LogP contribution in [0.1, 0.15) is 39.9 Å². The van der Waals surface area contributed by atoms with E-state index in [0.717, 1.165) is 27.6 Å². The first kappa shape index (κ1) is 19.4. The summed E-state index contributed by atoms with van der Waals surface area (Å²) < 4.78 is 0. The maximum absolute atomic E-state index is 12.2. The van der Waals surface area contributed by atoms with E-state index in [2.05, 4.69) is 15.8 Å². The van der Waals surface area contributed by atoms with Crippen molar-refractivity contribution in [2.45, 2.75) is 33.1 Å². The number of para-hydroxylation sites is 1. The standard InChI is InChI=1S/C22H23N3O3/c1-14-7-8-16(11-15(14)2)20(26)9-10-21(27)24-25-22(28)12-17-13-23-19-6-4-3-5-18(17)19/h3-8,11,13,23H,9-10,12H2,1-2H3,(H,24,27)(H,25,28). The van der Waals surface area contributed by atoms with Crippen LogP contribution in [-0.4, -0.2) is 22.6 Å². The zero-order chi connectivity index (χ0) is 20.1. The number of carbonyl (C=O) groups excluding carboxylic acids is 3. The third-order valence-electron chi connectivity index (χ3n) is 4.78. The molecule has 0 unspecified atom stereocenters. The molecule has 3 rings (SSSR count). The predicted octanol–water partition coefficient (Wildman–Crippen LogP) is 3.14. The Hall–Kier alpha value is -3.41. The lowest BCUT2D eigenvalue weighted by Gasteiger charge is -2.08. The number of aryl methyl sites for hydroxylation is 2. The van der Waals surface area contributed by atoms with E-state index in [1.54, 1.807) is 12.3 Å². The molecular formula is C22H23N3O3. The molecule has 144 valence electrons. The summed E-state index contributed by atoms with van der Waals surface area (Å²) in [5, 5.41) is 0.975. The molecule has 0 saturated heterocycles. The van der Waals surface area contributed by atoms with Crippen LogP contribution < -0.4 is 10.9 Å². The Labute approximate surface area is 163 Å². The number of fused-ring (bicyclic) bond motifs is 1. The topological polar surface area (TPSA) is 91.1 Å². The second kappa shape index (κ2) is 8.52. The zero-order valence-electron chi connectivity index (χ0n) is 16.0. The van der Waals surface area contributed by atoms with Crippen LogP contribution in [0.3, 0.4) is 0 Å². The summed E-state index contributed by atoms with van der Waals surface area (Å²) in [5.74, 6) is -0.814. The van der Waals surface area contributed by atoms with Crippen LogP contribution in [0.15, 0.2) is 48.7 Å². The van der Waals surface area contributed by atoms with Crippen molar-refractivity contribution in [1.29, 1.82) is 0 Å². The summed E-state index contributed by atoms with van der Waals surface area (Å²) in [4.78, 5) is 39.3. The number of amides is 2. The van der Waals surface area contributed by atoms with Gasteiger partial charge in [-0.25, -0.2) is 0 Å². The van der Waals surface area contributed by atoms with Crippen molar-refractivity contribution in [3.8, 4) is 0 Å². The summed E-state index contributed by atoms with van der Waals surface area (Å²) in [6.07, 6.45) is 2.03. The number of aromatic amines is 1. The molecule has 0 bridgehead atoms. The molecule has 6 heteroatoms. The van der Waals surface area contributed by atoms with E-state index >= 15 is 0 Å². The van der Waals surface area contributed by atoms with Crippen LogP contribution in [0.2, 0.25) is 0 Å². The molecule has 0 atom stereocenters. The van der Waals surface area contributed by atoms with E-state index in [-0.39, 0.29) is 31.0 Å². The number of hydrogen-bond donors (Lipinski definition) is 3. The molecule has 6 nitrogen and oxygen atoms in total. The minimum Gasteiger partial charge on any atom is -0.361 e. The van der Waals surface area contributed by atoms with Crippen LogP contribution in [0.5, 0.6) is 0 Å². The summed E-state index contributed by atoms with van der Waals surface area (Å²) >= 11 is 0. The molecule has 2 aromatic carbocycles. The van der Waals surface area contributed by atoms with E-state index in [4.69, 9.17) is 0 Å². The molecule has 2 amide bonds. The second-order valence-corrected chi connectivity index (χ2v) is 6.85. The van der Waals surface area contributed by atoms with Gasteiger partial charge in [-0.2, -0.15) is 0 Å². The van der Waals surface area contributed by atoms with Gasteiger partial charge in [0.2, 0.25) is 11.8 Å². The highest BCUT2D eigenvalue weighted by Gasteiger charge is 2.12. The fourth-order valence-electron chi connectivity index (χ4n) is 2.98. The van der Waals surface area contributed by atoms with Gasteiger partial charge < -0.3 is 4.98 Å². The highest BCUT2D eigenvalue weighted by molar-refractivity contribution is 5.98. The number of hydrogen-bond acceptors (Lipinski definition) is 3. The average molecular weight is 377 g/mol. The summed E-state index contributed by atoms with van der Waals surface area (Å²) in [7, 11) is 0. The summed E-state index contributed by atoms with van der Waals surface area (Å²) in [5.41, 5.74) is 9.34. The quantitative estimate of drug-likeness (QED) is 0.455. The first-order chi connectivity index (χ1) is 13.4. The highest BCUT2D eigenvalue weighted by Crippen LogP contribution is 2.18. The number of rotatable bonds is 6. The van der Waals surface area contributed by atoms with Crippen molar-refractivity contribution in [2.24, 2.45) is 0 Å². The number of H-pyrrole nitrogens is 1. The first-order valence-corrected chi connectivity index (χ1v) is 9.17. The number of aromatic nitrogens is 1. The predicted molar refractivity (Wildman–Crippen MR) is 108 cm³/mol. The van der Waals surface area contributed by atoms with Crippen LogP contribution in [0.25, 0.3) is 10.9 Å². The van der Waals surface area contributed by atoms with Gasteiger partial charge >= 0.3 is 0 Å². The molecule has 0 aliphatic heterocycles. The Morgan fingerprint density at radius 1 is 0.893 bits per heavy atom. The van der Waals surface area contributed by atoms with Gasteiger partial charge in [0.1, 0.15) is 0 Å². The van der Waals surface area contributed by atoms with Crippen molar-refractivity contribution < 1.29 is 14.4 Å². The smallest absolute Gasteiger partial charge is 0.242 e. The molecule has 1 heterocycles. The average Bonchev–Trinajstić information content (AvgIpc) is 3.09. The third-order valence-corrected chi connectivity index (χ3v) is 4.78. The molecule has 3 N–H and O–H groups in total. The number of nitrogens with one attached hydrogen (secondary N) is 3. The molecule has 28 heavy (non-hydrogen) atoms. The van der Waals surface area contributed by atoms with Gasteiger partial charge in [0, 0.05) is 35.5 Å². The molecule has 0 radical (unpaired) electrons. The number of ketones is 1. The summed E-state index contributed by atoms with van der Waals surface area (Å²) in [6.45, 7) is 3.93. The molecular weight excluding hydrogens is 354 g/mol. The zero-order valence-corrected chi connectivity index (χ0v) is 16.0. The first-order valence-electron chi connectivity index (χ1n) is 9.17. The van der Waals surface area contributed by atoms with E-state index in [1.165, 1.54) is 0 Å². The van der Waals surface area contributed by atoms with Crippen LogP contribution in [0.4, 0.5) is 0 Å². The van der Waals surface area contributed by atoms with E-state index < -0.39 is 5.91 Å². The van der Waals surface area contributed by atoms with Gasteiger partial charge in [-0.15, -0.1) is 0 Å². The normalized spacial score (nSPS) is 10.6. The fourth-order valence-corrected chi connectivity index (χ4v) is 2.98. The Morgan fingerprint density at radius 2 is 1.64 bits per heavy atom. The maximum Gasteiger partial charge on any atom is 0.242 e.